The summed E-state index contributed by atoms with van der Waals surface area (Å²) in [7, 11) is 5.99. The average molecular weight is 279 g/mol. The fourth-order valence-electron chi connectivity index (χ4n) is 1.97. The van der Waals surface area contributed by atoms with Crippen LogP contribution in [-0.4, -0.2) is 54.6 Å². The Balaban J connectivity index is 2.65. The number of methoxy groups -OCH3 is 1. The maximum atomic E-state index is 5.35. The zero-order valence-corrected chi connectivity index (χ0v) is 14.0. The molecule has 0 saturated heterocycles. The Bertz CT molecular complexity index is 414. The van der Waals surface area contributed by atoms with Crippen molar-refractivity contribution in [2.24, 2.45) is 0 Å². The Hall–Kier alpha value is -1.13. The molecule has 1 heterocycles. The molecular weight excluding hydrogens is 250 g/mol. The molecule has 1 atom stereocenters. The Labute approximate surface area is 123 Å². The van der Waals surface area contributed by atoms with Gasteiger partial charge in [-0.2, -0.15) is 0 Å². The molecule has 114 valence electrons. The topological polar surface area (TPSA) is 28.6 Å². The molecule has 20 heavy (non-hydrogen) atoms. The summed E-state index contributed by atoms with van der Waals surface area (Å²) in [5, 5.41) is 0. The van der Waals surface area contributed by atoms with Crippen molar-refractivity contribution in [3.63, 3.8) is 0 Å². The molecule has 1 rings (SSSR count). The molecule has 0 aliphatic rings. The molecule has 0 N–H and O–H groups in total. The van der Waals surface area contributed by atoms with Gasteiger partial charge in [0.05, 0.1) is 7.11 Å². The molecular formula is C16H29N3O. The predicted molar refractivity (Wildman–Crippen MR) is 84.2 cm³/mol. The second-order valence-corrected chi connectivity index (χ2v) is 6.35. The van der Waals surface area contributed by atoms with E-state index in [2.05, 4.69) is 62.6 Å². The lowest BCUT2D eigenvalue weighted by Crippen LogP contribution is -2.42. The first kappa shape index (κ1) is 16.9. The minimum atomic E-state index is 0.204. The number of pyridine rings is 1. The van der Waals surface area contributed by atoms with E-state index < -0.39 is 0 Å². The smallest absolute Gasteiger partial charge is 0.217 e. The third-order valence-corrected chi connectivity index (χ3v) is 4.04. The van der Waals surface area contributed by atoms with Gasteiger partial charge in [0.2, 0.25) is 5.88 Å². The van der Waals surface area contributed by atoms with Gasteiger partial charge >= 0.3 is 0 Å². The maximum absolute atomic E-state index is 5.35. The van der Waals surface area contributed by atoms with Gasteiger partial charge in [0.15, 0.2) is 0 Å². The van der Waals surface area contributed by atoms with Gasteiger partial charge in [0.25, 0.3) is 0 Å². The molecule has 0 spiro atoms. The summed E-state index contributed by atoms with van der Waals surface area (Å²) in [6.45, 7) is 10.9. The predicted octanol–water partition coefficient (Wildman–Crippen LogP) is 2.81. The number of rotatable bonds is 6. The molecule has 0 bridgehead atoms. The third-order valence-electron chi connectivity index (χ3n) is 4.04. The van der Waals surface area contributed by atoms with Crippen LogP contribution < -0.4 is 4.74 Å². The van der Waals surface area contributed by atoms with E-state index in [4.69, 9.17) is 4.74 Å². The highest BCUT2D eigenvalue weighted by Gasteiger charge is 2.20. The van der Waals surface area contributed by atoms with Crippen LogP contribution in [0.5, 0.6) is 5.88 Å². The van der Waals surface area contributed by atoms with Gasteiger partial charge in [0.1, 0.15) is 0 Å². The SMILES string of the molecule is COc1ncccc1[C@H](C)N(C)CCN(C)C(C)(C)C. The van der Waals surface area contributed by atoms with E-state index in [0.29, 0.717) is 0 Å². The third kappa shape index (κ3) is 4.46. The highest BCUT2D eigenvalue weighted by atomic mass is 16.5. The second-order valence-electron chi connectivity index (χ2n) is 6.35. The average Bonchev–Trinajstić information content (AvgIpc) is 2.42. The van der Waals surface area contributed by atoms with E-state index >= 15 is 0 Å². The van der Waals surface area contributed by atoms with Gasteiger partial charge in [-0.25, -0.2) is 4.98 Å². The molecule has 0 aliphatic heterocycles. The summed E-state index contributed by atoms with van der Waals surface area (Å²) in [6.07, 6.45) is 1.77. The van der Waals surface area contributed by atoms with Crippen LogP contribution in [-0.2, 0) is 0 Å². The highest BCUT2D eigenvalue weighted by molar-refractivity contribution is 5.28. The quantitative estimate of drug-likeness (QED) is 0.800. The molecule has 4 nitrogen and oxygen atoms in total. The van der Waals surface area contributed by atoms with Gasteiger partial charge in [-0.1, -0.05) is 6.07 Å². The molecule has 0 aromatic carbocycles. The van der Waals surface area contributed by atoms with E-state index in [-0.39, 0.29) is 11.6 Å². The number of ether oxygens (including phenoxy) is 1. The first-order valence-corrected chi connectivity index (χ1v) is 7.17. The maximum Gasteiger partial charge on any atom is 0.217 e. The summed E-state index contributed by atoms with van der Waals surface area (Å²) in [5.41, 5.74) is 1.34. The molecule has 0 radical (unpaired) electrons. The first-order chi connectivity index (χ1) is 9.27. The molecule has 1 aromatic heterocycles. The van der Waals surface area contributed by atoms with Crippen LogP contribution in [0.4, 0.5) is 0 Å². The lowest BCUT2D eigenvalue weighted by molar-refractivity contribution is 0.141. The van der Waals surface area contributed by atoms with E-state index in [1.54, 1.807) is 13.3 Å². The van der Waals surface area contributed by atoms with E-state index in [0.717, 1.165) is 24.5 Å². The van der Waals surface area contributed by atoms with Crippen molar-refractivity contribution in [1.82, 2.24) is 14.8 Å². The largest absolute Gasteiger partial charge is 0.481 e. The Morgan fingerprint density at radius 2 is 1.90 bits per heavy atom. The van der Waals surface area contributed by atoms with Crippen LogP contribution >= 0.6 is 0 Å². The van der Waals surface area contributed by atoms with Crippen molar-refractivity contribution in [2.75, 3.05) is 34.3 Å². The van der Waals surface area contributed by atoms with Crippen molar-refractivity contribution in [3.05, 3.63) is 23.9 Å². The summed E-state index contributed by atoms with van der Waals surface area (Å²) in [4.78, 5) is 8.98. The molecule has 0 unspecified atom stereocenters. The van der Waals surface area contributed by atoms with Crippen LogP contribution in [0.1, 0.15) is 39.3 Å². The number of nitrogens with zero attached hydrogens (tertiary/aromatic N) is 3. The van der Waals surface area contributed by atoms with Crippen molar-refractivity contribution >= 4 is 0 Å². The Kier molecular flexibility index (Phi) is 5.96. The minimum absolute atomic E-state index is 0.204. The zero-order chi connectivity index (χ0) is 15.3. The summed E-state index contributed by atoms with van der Waals surface area (Å²) >= 11 is 0. The molecule has 0 saturated carbocycles. The zero-order valence-electron chi connectivity index (χ0n) is 14.0. The van der Waals surface area contributed by atoms with Crippen molar-refractivity contribution in [3.8, 4) is 5.88 Å². The van der Waals surface area contributed by atoms with Gasteiger partial charge in [0, 0.05) is 36.4 Å². The van der Waals surface area contributed by atoms with Crippen LogP contribution in [0, 0.1) is 0 Å². The summed E-state index contributed by atoms with van der Waals surface area (Å²) in [6, 6.07) is 4.33. The molecule has 1 aromatic rings. The standard InChI is InChI=1S/C16H29N3O/c1-13(14-9-8-10-17-15(14)20-7)18(5)11-12-19(6)16(2,3)4/h8-10,13H,11-12H2,1-7H3/t13-/m0/s1. The van der Waals surface area contributed by atoms with Crippen molar-refractivity contribution in [2.45, 2.75) is 39.3 Å². The minimum Gasteiger partial charge on any atom is -0.481 e. The van der Waals surface area contributed by atoms with Crippen molar-refractivity contribution < 1.29 is 4.74 Å². The second kappa shape index (κ2) is 7.04. The highest BCUT2D eigenvalue weighted by Crippen LogP contribution is 2.26. The van der Waals surface area contributed by atoms with Crippen LogP contribution in [0.2, 0.25) is 0 Å². The van der Waals surface area contributed by atoms with Crippen molar-refractivity contribution in [1.29, 1.82) is 0 Å². The van der Waals surface area contributed by atoms with Gasteiger partial charge < -0.3 is 9.64 Å². The number of aromatic nitrogens is 1. The first-order valence-electron chi connectivity index (χ1n) is 7.17. The normalized spacial score (nSPS) is 13.8. The molecule has 0 amide bonds. The number of hydrogen-bond donors (Lipinski definition) is 0. The van der Waals surface area contributed by atoms with Gasteiger partial charge in [-0.05, 0) is 47.9 Å². The Morgan fingerprint density at radius 1 is 1.25 bits per heavy atom. The molecule has 0 fully saturated rings. The number of hydrogen-bond acceptors (Lipinski definition) is 4. The van der Waals surface area contributed by atoms with Gasteiger partial charge in [-0.3, -0.25) is 4.90 Å². The van der Waals surface area contributed by atoms with Gasteiger partial charge in [-0.15, -0.1) is 0 Å². The number of likely N-dealkylation sites (N-methyl/N-ethyl adjacent to an activating group) is 2. The Morgan fingerprint density at radius 3 is 2.45 bits per heavy atom. The monoisotopic (exact) mass is 279 g/mol. The van der Waals surface area contributed by atoms with Crippen LogP contribution in [0.25, 0.3) is 0 Å². The molecule has 4 heteroatoms. The van der Waals surface area contributed by atoms with E-state index in [1.807, 2.05) is 6.07 Å². The fraction of sp³-hybridized carbons (Fsp3) is 0.688. The fourth-order valence-corrected chi connectivity index (χ4v) is 1.97. The van der Waals surface area contributed by atoms with E-state index in [9.17, 15) is 0 Å². The summed E-state index contributed by atoms with van der Waals surface area (Å²) < 4.78 is 5.35. The molecule has 0 aliphatic carbocycles. The summed E-state index contributed by atoms with van der Waals surface area (Å²) in [5.74, 6) is 0.719. The van der Waals surface area contributed by atoms with Crippen LogP contribution in [0.3, 0.4) is 0 Å². The lowest BCUT2D eigenvalue weighted by Gasteiger charge is -2.34. The lowest BCUT2D eigenvalue weighted by atomic mass is 10.1. The van der Waals surface area contributed by atoms with E-state index in [1.165, 1.54) is 0 Å². The van der Waals surface area contributed by atoms with Crippen LogP contribution in [0.15, 0.2) is 18.3 Å².